The van der Waals surface area contributed by atoms with Crippen molar-refractivity contribution in [3.8, 4) is 0 Å². The third-order valence-electron chi connectivity index (χ3n) is 2.35. The molecular formula is C8H12F4N2O. The van der Waals surface area contributed by atoms with Gasteiger partial charge in [-0.15, -0.1) is 0 Å². The van der Waals surface area contributed by atoms with E-state index in [-0.39, 0.29) is 13.1 Å². The van der Waals surface area contributed by atoms with Gasteiger partial charge in [0.05, 0.1) is 0 Å². The van der Waals surface area contributed by atoms with Gasteiger partial charge < -0.3 is 10.2 Å². The maximum absolute atomic E-state index is 13.0. The fraction of sp³-hybridized carbons (Fsp3) is 0.875. The molecule has 0 radical (unpaired) electrons. The van der Waals surface area contributed by atoms with Crippen molar-refractivity contribution in [1.29, 1.82) is 0 Å². The summed E-state index contributed by atoms with van der Waals surface area (Å²) in [6.45, 7) is 0.224. The largest absolute Gasteiger partial charge is 0.471 e. The lowest BCUT2D eigenvalue weighted by atomic mass is 10.1. The van der Waals surface area contributed by atoms with Crippen LogP contribution in [0.25, 0.3) is 0 Å². The zero-order valence-electron chi connectivity index (χ0n) is 8.14. The average molecular weight is 228 g/mol. The van der Waals surface area contributed by atoms with Gasteiger partial charge in [0.2, 0.25) is 0 Å². The molecule has 1 N–H and O–H groups in total. The zero-order valence-corrected chi connectivity index (χ0v) is 8.14. The van der Waals surface area contributed by atoms with Crippen molar-refractivity contribution in [2.45, 2.75) is 12.3 Å². The lowest BCUT2D eigenvalue weighted by Crippen LogP contribution is -2.42. The number of alkyl halides is 4. The second-order valence-corrected chi connectivity index (χ2v) is 3.62. The quantitative estimate of drug-likeness (QED) is 0.700. The van der Waals surface area contributed by atoms with Crippen LogP contribution in [0.3, 0.4) is 0 Å². The molecule has 7 heteroatoms. The monoisotopic (exact) mass is 228 g/mol. The summed E-state index contributed by atoms with van der Waals surface area (Å²) in [6.07, 6.45) is -6.07. The zero-order chi connectivity index (χ0) is 11.6. The third kappa shape index (κ3) is 3.05. The van der Waals surface area contributed by atoms with Crippen LogP contribution in [0.2, 0.25) is 0 Å². The van der Waals surface area contributed by atoms with E-state index in [4.69, 9.17) is 0 Å². The first-order valence-corrected chi connectivity index (χ1v) is 4.49. The van der Waals surface area contributed by atoms with Crippen molar-refractivity contribution >= 4 is 5.91 Å². The Hall–Kier alpha value is -0.850. The molecule has 0 bridgehead atoms. The number of amides is 1. The molecule has 0 spiro atoms. The van der Waals surface area contributed by atoms with Crippen LogP contribution in [-0.4, -0.2) is 49.8 Å². The Kier molecular flexibility index (Phi) is 3.54. The minimum absolute atomic E-state index is 0.138. The van der Waals surface area contributed by atoms with Crippen molar-refractivity contribution in [3.05, 3.63) is 0 Å². The number of hydrogen-bond donors (Lipinski definition) is 1. The number of nitrogens with zero attached hydrogens (tertiary/aromatic N) is 1. The maximum Gasteiger partial charge on any atom is 0.471 e. The van der Waals surface area contributed by atoms with Gasteiger partial charge in [-0.05, 0) is 0 Å². The Bertz CT molecular complexity index is 243. The second-order valence-electron chi connectivity index (χ2n) is 3.62. The van der Waals surface area contributed by atoms with Crippen molar-refractivity contribution in [2.75, 3.05) is 26.7 Å². The first-order chi connectivity index (χ1) is 6.82. The summed E-state index contributed by atoms with van der Waals surface area (Å²) < 4.78 is 48.9. The van der Waals surface area contributed by atoms with Crippen LogP contribution in [0.15, 0.2) is 0 Å². The molecule has 2 unspecified atom stereocenters. The summed E-state index contributed by atoms with van der Waals surface area (Å²) in [7, 11) is 1.03. The van der Waals surface area contributed by atoms with Crippen molar-refractivity contribution in [3.63, 3.8) is 0 Å². The van der Waals surface area contributed by atoms with Gasteiger partial charge >= 0.3 is 12.1 Å². The smallest absolute Gasteiger partial charge is 0.338 e. The summed E-state index contributed by atoms with van der Waals surface area (Å²) in [5.41, 5.74) is 0. The van der Waals surface area contributed by atoms with E-state index in [1.165, 1.54) is 0 Å². The van der Waals surface area contributed by atoms with Gasteiger partial charge in [0.25, 0.3) is 0 Å². The molecule has 0 saturated carbocycles. The van der Waals surface area contributed by atoms with Gasteiger partial charge in [-0.25, -0.2) is 4.39 Å². The Balaban J connectivity index is 2.48. The molecule has 0 aliphatic carbocycles. The van der Waals surface area contributed by atoms with Gasteiger partial charge in [0.15, 0.2) is 0 Å². The summed E-state index contributed by atoms with van der Waals surface area (Å²) >= 11 is 0. The SMILES string of the molecule is CN(CC1CNCC1F)C(=O)C(F)(F)F. The molecule has 1 saturated heterocycles. The highest BCUT2D eigenvalue weighted by atomic mass is 19.4. The molecule has 0 aromatic rings. The minimum Gasteiger partial charge on any atom is -0.338 e. The van der Waals surface area contributed by atoms with E-state index >= 15 is 0 Å². The Morgan fingerprint density at radius 3 is 2.47 bits per heavy atom. The molecule has 1 fully saturated rings. The average Bonchev–Trinajstić information content (AvgIpc) is 2.49. The standard InChI is InChI=1S/C8H12F4N2O/c1-14(7(15)8(10,11)12)4-5-2-13-3-6(5)9/h5-6,13H,2-4H2,1H3. The Morgan fingerprint density at radius 2 is 2.07 bits per heavy atom. The van der Waals surface area contributed by atoms with Gasteiger partial charge in [-0.2, -0.15) is 13.2 Å². The molecule has 88 valence electrons. The summed E-state index contributed by atoms with van der Waals surface area (Å²) in [6, 6.07) is 0. The van der Waals surface area contributed by atoms with Crippen LogP contribution < -0.4 is 5.32 Å². The lowest BCUT2D eigenvalue weighted by Gasteiger charge is -2.22. The highest BCUT2D eigenvalue weighted by Gasteiger charge is 2.42. The maximum atomic E-state index is 13.0. The van der Waals surface area contributed by atoms with Crippen LogP contribution in [0.5, 0.6) is 0 Å². The fourth-order valence-corrected chi connectivity index (χ4v) is 1.53. The first-order valence-electron chi connectivity index (χ1n) is 4.49. The summed E-state index contributed by atoms with van der Waals surface area (Å²) in [5, 5.41) is 2.71. The molecule has 2 atom stereocenters. The van der Waals surface area contributed by atoms with Crippen LogP contribution in [0, 0.1) is 5.92 Å². The van der Waals surface area contributed by atoms with Crippen LogP contribution in [0.1, 0.15) is 0 Å². The first kappa shape index (κ1) is 12.2. The van der Waals surface area contributed by atoms with E-state index in [9.17, 15) is 22.4 Å². The molecule has 1 rings (SSSR count). The Morgan fingerprint density at radius 1 is 1.47 bits per heavy atom. The van der Waals surface area contributed by atoms with E-state index in [1.54, 1.807) is 0 Å². The predicted molar refractivity (Wildman–Crippen MR) is 44.9 cm³/mol. The van der Waals surface area contributed by atoms with E-state index < -0.39 is 24.2 Å². The molecule has 1 aliphatic rings. The number of hydrogen-bond acceptors (Lipinski definition) is 2. The molecule has 1 heterocycles. The number of rotatable bonds is 2. The predicted octanol–water partition coefficient (Wildman–Crippen LogP) is 0.565. The normalized spacial score (nSPS) is 26.7. The molecule has 3 nitrogen and oxygen atoms in total. The molecule has 0 aromatic heterocycles. The molecule has 1 aliphatic heterocycles. The fourth-order valence-electron chi connectivity index (χ4n) is 1.53. The van der Waals surface area contributed by atoms with Gasteiger partial charge in [-0.1, -0.05) is 0 Å². The highest BCUT2D eigenvalue weighted by molar-refractivity contribution is 5.81. The van der Waals surface area contributed by atoms with E-state index in [0.717, 1.165) is 7.05 Å². The van der Waals surface area contributed by atoms with Gasteiger partial charge in [0.1, 0.15) is 6.17 Å². The van der Waals surface area contributed by atoms with Crippen LogP contribution in [-0.2, 0) is 4.79 Å². The highest BCUT2D eigenvalue weighted by Crippen LogP contribution is 2.20. The molecule has 15 heavy (non-hydrogen) atoms. The van der Waals surface area contributed by atoms with Crippen molar-refractivity contribution < 1.29 is 22.4 Å². The van der Waals surface area contributed by atoms with E-state index in [0.29, 0.717) is 11.4 Å². The summed E-state index contributed by atoms with van der Waals surface area (Å²) in [4.78, 5) is 11.2. The van der Waals surface area contributed by atoms with Crippen LogP contribution in [0.4, 0.5) is 17.6 Å². The van der Waals surface area contributed by atoms with Crippen molar-refractivity contribution in [1.82, 2.24) is 10.2 Å². The topological polar surface area (TPSA) is 32.3 Å². The number of carbonyl (C=O) groups is 1. The number of nitrogens with one attached hydrogen (secondary N) is 1. The van der Waals surface area contributed by atoms with E-state index in [1.807, 2.05) is 0 Å². The Labute approximate surface area is 84.4 Å². The van der Waals surface area contributed by atoms with Crippen LogP contribution >= 0.6 is 0 Å². The lowest BCUT2D eigenvalue weighted by molar-refractivity contribution is -0.184. The van der Waals surface area contributed by atoms with E-state index in [2.05, 4.69) is 5.32 Å². The minimum atomic E-state index is -4.88. The summed E-state index contributed by atoms with van der Waals surface area (Å²) in [5.74, 6) is -2.48. The molecule has 1 amide bonds. The molecular weight excluding hydrogens is 216 g/mol. The molecule has 0 aromatic carbocycles. The van der Waals surface area contributed by atoms with Gasteiger partial charge in [-0.3, -0.25) is 4.79 Å². The van der Waals surface area contributed by atoms with Gasteiger partial charge in [0, 0.05) is 32.6 Å². The number of carbonyl (C=O) groups excluding carboxylic acids is 1. The number of halogens is 4. The third-order valence-corrected chi connectivity index (χ3v) is 2.35. The van der Waals surface area contributed by atoms with Crippen molar-refractivity contribution in [2.24, 2.45) is 5.92 Å². The second kappa shape index (κ2) is 4.34.